The molecule has 0 aliphatic carbocycles. The van der Waals surface area contributed by atoms with Crippen LogP contribution in [0.4, 0.5) is 0 Å². The standard InChI is InChI=1S/C14H31N3/c1-5-17-10-6-13(7-11-17)12-15-8-9-16-14(2,3)4/h13,15-16H,5-12H2,1-4H3. The van der Waals surface area contributed by atoms with Crippen molar-refractivity contribution < 1.29 is 0 Å². The highest BCUT2D eigenvalue weighted by atomic mass is 15.1. The largest absolute Gasteiger partial charge is 0.315 e. The molecule has 0 spiro atoms. The third-order valence-corrected chi connectivity index (χ3v) is 3.54. The van der Waals surface area contributed by atoms with Gasteiger partial charge in [-0.2, -0.15) is 0 Å². The fourth-order valence-electron chi connectivity index (χ4n) is 2.34. The van der Waals surface area contributed by atoms with E-state index in [0.29, 0.717) is 0 Å². The first-order valence-electron chi connectivity index (χ1n) is 7.19. The van der Waals surface area contributed by atoms with E-state index in [9.17, 15) is 0 Å². The van der Waals surface area contributed by atoms with Gasteiger partial charge >= 0.3 is 0 Å². The number of piperidine rings is 1. The van der Waals surface area contributed by atoms with Gasteiger partial charge in [-0.3, -0.25) is 0 Å². The zero-order chi connectivity index (χ0) is 12.7. The van der Waals surface area contributed by atoms with Gasteiger partial charge in [-0.05, 0) is 65.7 Å². The van der Waals surface area contributed by atoms with Crippen LogP contribution < -0.4 is 10.6 Å². The monoisotopic (exact) mass is 241 g/mol. The molecule has 0 saturated carbocycles. The van der Waals surface area contributed by atoms with Crippen molar-refractivity contribution in [1.29, 1.82) is 0 Å². The van der Waals surface area contributed by atoms with E-state index in [1.807, 2.05) is 0 Å². The summed E-state index contributed by atoms with van der Waals surface area (Å²) in [6.07, 6.45) is 2.74. The highest BCUT2D eigenvalue weighted by molar-refractivity contribution is 4.74. The maximum atomic E-state index is 3.58. The third-order valence-electron chi connectivity index (χ3n) is 3.54. The average molecular weight is 241 g/mol. The van der Waals surface area contributed by atoms with Gasteiger partial charge in [0.1, 0.15) is 0 Å². The normalized spacial score (nSPS) is 19.8. The molecule has 3 nitrogen and oxygen atoms in total. The lowest BCUT2D eigenvalue weighted by molar-refractivity contribution is 0.190. The molecular weight excluding hydrogens is 210 g/mol. The Kier molecular flexibility index (Phi) is 6.45. The van der Waals surface area contributed by atoms with Crippen LogP contribution >= 0.6 is 0 Å². The van der Waals surface area contributed by atoms with Gasteiger partial charge in [0.25, 0.3) is 0 Å². The molecule has 0 aromatic rings. The number of rotatable bonds is 6. The summed E-state index contributed by atoms with van der Waals surface area (Å²) in [5, 5.41) is 7.08. The first-order chi connectivity index (χ1) is 8.01. The van der Waals surface area contributed by atoms with Crippen LogP contribution in [0.2, 0.25) is 0 Å². The summed E-state index contributed by atoms with van der Waals surface area (Å²) in [4.78, 5) is 2.55. The summed E-state index contributed by atoms with van der Waals surface area (Å²) in [6, 6.07) is 0. The van der Waals surface area contributed by atoms with Crippen molar-refractivity contribution in [3.8, 4) is 0 Å². The SMILES string of the molecule is CCN1CCC(CNCCNC(C)(C)C)CC1. The van der Waals surface area contributed by atoms with Crippen molar-refractivity contribution in [1.82, 2.24) is 15.5 Å². The van der Waals surface area contributed by atoms with Gasteiger partial charge in [0, 0.05) is 18.6 Å². The van der Waals surface area contributed by atoms with Crippen LogP contribution in [0.1, 0.15) is 40.5 Å². The molecule has 17 heavy (non-hydrogen) atoms. The van der Waals surface area contributed by atoms with Crippen molar-refractivity contribution in [3.63, 3.8) is 0 Å². The molecule has 1 aliphatic rings. The Hall–Kier alpha value is -0.120. The van der Waals surface area contributed by atoms with Crippen molar-refractivity contribution in [2.75, 3.05) is 39.3 Å². The lowest BCUT2D eigenvalue weighted by Gasteiger charge is -2.31. The molecule has 3 heteroatoms. The number of hydrogen-bond acceptors (Lipinski definition) is 3. The van der Waals surface area contributed by atoms with E-state index in [0.717, 1.165) is 19.0 Å². The summed E-state index contributed by atoms with van der Waals surface area (Å²) < 4.78 is 0. The van der Waals surface area contributed by atoms with Crippen LogP contribution in [-0.4, -0.2) is 49.7 Å². The molecule has 0 unspecified atom stereocenters. The van der Waals surface area contributed by atoms with E-state index in [1.165, 1.54) is 39.0 Å². The van der Waals surface area contributed by atoms with E-state index in [2.05, 4.69) is 43.2 Å². The molecule has 0 atom stereocenters. The van der Waals surface area contributed by atoms with Crippen LogP contribution in [0.15, 0.2) is 0 Å². The highest BCUT2D eigenvalue weighted by Crippen LogP contribution is 2.15. The molecule has 0 amide bonds. The molecule has 0 aromatic carbocycles. The number of hydrogen-bond donors (Lipinski definition) is 2. The molecule has 2 N–H and O–H groups in total. The van der Waals surface area contributed by atoms with Crippen molar-refractivity contribution in [2.24, 2.45) is 5.92 Å². The molecule has 1 heterocycles. The van der Waals surface area contributed by atoms with Crippen molar-refractivity contribution >= 4 is 0 Å². The topological polar surface area (TPSA) is 27.3 Å². The zero-order valence-corrected chi connectivity index (χ0v) is 12.2. The minimum atomic E-state index is 0.244. The molecular formula is C14H31N3. The van der Waals surface area contributed by atoms with Crippen molar-refractivity contribution in [2.45, 2.75) is 46.1 Å². The fourth-order valence-corrected chi connectivity index (χ4v) is 2.34. The van der Waals surface area contributed by atoms with Gasteiger partial charge in [0.15, 0.2) is 0 Å². The van der Waals surface area contributed by atoms with Crippen LogP contribution in [0.25, 0.3) is 0 Å². The zero-order valence-electron chi connectivity index (χ0n) is 12.2. The molecule has 1 fully saturated rings. The molecule has 0 bridgehead atoms. The molecule has 1 rings (SSSR count). The highest BCUT2D eigenvalue weighted by Gasteiger charge is 2.17. The Labute approximate surface area is 107 Å². The molecule has 0 aromatic heterocycles. The van der Waals surface area contributed by atoms with Crippen LogP contribution in [0, 0.1) is 5.92 Å². The lowest BCUT2D eigenvalue weighted by atomic mass is 9.97. The first-order valence-corrected chi connectivity index (χ1v) is 7.19. The maximum absolute atomic E-state index is 3.58. The third kappa shape index (κ3) is 7.02. The van der Waals surface area contributed by atoms with Crippen LogP contribution in [0.5, 0.6) is 0 Å². The van der Waals surface area contributed by atoms with E-state index in [1.54, 1.807) is 0 Å². The molecule has 102 valence electrons. The van der Waals surface area contributed by atoms with Gasteiger partial charge in [0.2, 0.25) is 0 Å². The smallest absolute Gasteiger partial charge is 0.00970 e. The number of nitrogens with one attached hydrogen (secondary N) is 2. The van der Waals surface area contributed by atoms with E-state index >= 15 is 0 Å². The van der Waals surface area contributed by atoms with Crippen LogP contribution in [-0.2, 0) is 0 Å². The average Bonchev–Trinajstić information content (AvgIpc) is 2.28. The Balaban J connectivity index is 1.97. The van der Waals surface area contributed by atoms with E-state index in [4.69, 9.17) is 0 Å². The summed E-state index contributed by atoms with van der Waals surface area (Å²) in [5.74, 6) is 0.896. The molecule has 1 aliphatic heterocycles. The van der Waals surface area contributed by atoms with Gasteiger partial charge in [0.05, 0.1) is 0 Å². The molecule has 0 radical (unpaired) electrons. The van der Waals surface area contributed by atoms with Gasteiger partial charge < -0.3 is 15.5 Å². The van der Waals surface area contributed by atoms with Gasteiger partial charge in [-0.25, -0.2) is 0 Å². The first kappa shape index (κ1) is 14.9. The summed E-state index contributed by atoms with van der Waals surface area (Å²) in [6.45, 7) is 16.1. The Morgan fingerprint density at radius 1 is 1.12 bits per heavy atom. The quantitative estimate of drug-likeness (QED) is 0.693. The number of nitrogens with zero attached hydrogens (tertiary/aromatic N) is 1. The van der Waals surface area contributed by atoms with Crippen LogP contribution in [0.3, 0.4) is 0 Å². The summed E-state index contributed by atoms with van der Waals surface area (Å²) in [7, 11) is 0. The summed E-state index contributed by atoms with van der Waals surface area (Å²) >= 11 is 0. The second-order valence-electron chi connectivity index (χ2n) is 6.26. The second kappa shape index (κ2) is 7.34. The van der Waals surface area contributed by atoms with E-state index < -0.39 is 0 Å². The van der Waals surface area contributed by atoms with Crippen molar-refractivity contribution in [3.05, 3.63) is 0 Å². The fraction of sp³-hybridized carbons (Fsp3) is 1.00. The second-order valence-corrected chi connectivity index (χ2v) is 6.26. The minimum absolute atomic E-state index is 0.244. The Bertz CT molecular complexity index is 190. The Morgan fingerprint density at radius 2 is 1.76 bits per heavy atom. The summed E-state index contributed by atoms with van der Waals surface area (Å²) in [5.41, 5.74) is 0.244. The van der Waals surface area contributed by atoms with E-state index in [-0.39, 0.29) is 5.54 Å². The lowest BCUT2D eigenvalue weighted by Crippen LogP contribution is -2.42. The maximum Gasteiger partial charge on any atom is 0.00970 e. The predicted molar refractivity (Wildman–Crippen MR) is 75.5 cm³/mol. The molecule has 1 saturated heterocycles. The minimum Gasteiger partial charge on any atom is -0.315 e. The number of likely N-dealkylation sites (tertiary alicyclic amines) is 1. The van der Waals surface area contributed by atoms with Gasteiger partial charge in [-0.15, -0.1) is 0 Å². The Morgan fingerprint density at radius 3 is 2.29 bits per heavy atom. The predicted octanol–water partition coefficient (Wildman–Crippen LogP) is 1.70. The van der Waals surface area contributed by atoms with Gasteiger partial charge in [-0.1, -0.05) is 6.92 Å².